The van der Waals surface area contributed by atoms with Crippen LogP contribution in [0.25, 0.3) is 10.1 Å². The van der Waals surface area contributed by atoms with Crippen molar-refractivity contribution in [3.05, 3.63) is 51.7 Å². The van der Waals surface area contributed by atoms with E-state index in [2.05, 4.69) is 54.7 Å². The van der Waals surface area contributed by atoms with Gasteiger partial charge in [0.25, 0.3) is 5.91 Å². The molecule has 0 radical (unpaired) electrons. The number of carbonyl (C=O) groups is 1. The van der Waals surface area contributed by atoms with Gasteiger partial charge in [-0.2, -0.15) is 5.10 Å². The molecule has 1 aliphatic heterocycles. The number of hydrogen-bond donors (Lipinski definition) is 1. The number of benzene rings is 1. The number of morpholine rings is 1. The number of aryl methyl sites for hydroxylation is 1. The smallest absolute Gasteiger partial charge is 0.261 e. The van der Waals surface area contributed by atoms with Gasteiger partial charge in [0.1, 0.15) is 0 Å². The molecule has 0 aliphatic carbocycles. The maximum absolute atomic E-state index is 12.6. The molecule has 1 aromatic carbocycles. The molecule has 0 bridgehead atoms. The van der Waals surface area contributed by atoms with E-state index < -0.39 is 0 Å². The highest BCUT2D eigenvalue weighted by Gasteiger charge is 2.30. The van der Waals surface area contributed by atoms with Crippen LogP contribution in [0.3, 0.4) is 0 Å². The SMILES string of the molecule is CNC(=O)c1sc2ccccc2c1[C@@H]1CN(Cc2c(C)nn(C(C)C)c2C)CCO1. The molecule has 3 aromatic rings. The number of fused-ring (bicyclic) bond motifs is 1. The van der Waals surface area contributed by atoms with Crippen LogP contribution in [-0.2, 0) is 11.3 Å². The summed E-state index contributed by atoms with van der Waals surface area (Å²) in [5.74, 6) is -0.0446. The monoisotopic (exact) mass is 426 g/mol. The molecule has 1 N–H and O–H groups in total. The zero-order valence-corrected chi connectivity index (χ0v) is 19.2. The van der Waals surface area contributed by atoms with Gasteiger partial charge in [-0.05, 0) is 39.1 Å². The summed E-state index contributed by atoms with van der Waals surface area (Å²) in [6.45, 7) is 11.7. The summed E-state index contributed by atoms with van der Waals surface area (Å²) in [4.78, 5) is 15.8. The summed E-state index contributed by atoms with van der Waals surface area (Å²) in [6, 6.07) is 8.56. The molecule has 6 nitrogen and oxygen atoms in total. The average Bonchev–Trinajstić information content (AvgIpc) is 3.26. The van der Waals surface area contributed by atoms with Gasteiger partial charge in [0.15, 0.2) is 0 Å². The Morgan fingerprint density at radius 2 is 2.10 bits per heavy atom. The largest absolute Gasteiger partial charge is 0.371 e. The third-order valence-corrected chi connectivity index (χ3v) is 7.07. The number of aromatic nitrogens is 2. The van der Waals surface area contributed by atoms with Gasteiger partial charge >= 0.3 is 0 Å². The first-order valence-electron chi connectivity index (χ1n) is 10.5. The zero-order valence-electron chi connectivity index (χ0n) is 18.4. The molecule has 30 heavy (non-hydrogen) atoms. The lowest BCUT2D eigenvalue weighted by atomic mass is 10.0. The summed E-state index contributed by atoms with van der Waals surface area (Å²) >= 11 is 1.54. The van der Waals surface area contributed by atoms with Crippen molar-refractivity contribution < 1.29 is 9.53 Å². The van der Waals surface area contributed by atoms with Crippen LogP contribution in [0.1, 0.15) is 58.2 Å². The second-order valence-corrected chi connectivity index (χ2v) is 9.25. The number of hydrogen-bond acceptors (Lipinski definition) is 5. The molecule has 1 atom stereocenters. The lowest BCUT2D eigenvalue weighted by molar-refractivity contribution is -0.0324. The van der Waals surface area contributed by atoms with E-state index in [-0.39, 0.29) is 12.0 Å². The lowest BCUT2D eigenvalue weighted by Crippen LogP contribution is -2.38. The summed E-state index contributed by atoms with van der Waals surface area (Å²) < 4.78 is 9.43. The normalized spacial score (nSPS) is 17.7. The molecular weight excluding hydrogens is 396 g/mol. The second kappa shape index (κ2) is 8.49. The third-order valence-electron chi connectivity index (χ3n) is 5.89. The molecule has 0 unspecified atom stereocenters. The Kier molecular flexibility index (Phi) is 5.95. The fourth-order valence-electron chi connectivity index (χ4n) is 4.34. The Morgan fingerprint density at radius 1 is 1.33 bits per heavy atom. The molecule has 0 saturated carbocycles. The van der Waals surface area contributed by atoms with Gasteiger partial charge in [-0.1, -0.05) is 18.2 Å². The van der Waals surface area contributed by atoms with Crippen LogP contribution in [0.4, 0.5) is 0 Å². The van der Waals surface area contributed by atoms with Crippen molar-refractivity contribution in [3.63, 3.8) is 0 Å². The fraction of sp³-hybridized carbons (Fsp3) is 0.478. The maximum Gasteiger partial charge on any atom is 0.261 e. The topological polar surface area (TPSA) is 59.4 Å². The fourth-order valence-corrected chi connectivity index (χ4v) is 5.54. The number of rotatable bonds is 5. The molecule has 1 aliphatic rings. The van der Waals surface area contributed by atoms with E-state index >= 15 is 0 Å². The van der Waals surface area contributed by atoms with E-state index in [1.54, 1.807) is 18.4 Å². The van der Waals surface area contributed by atoms with E-state index in [1.807, 2.05) is 12.1 Å². The van der Waals surface area contributed by atoms with Crippen LogP contribution in [0.5, 0.6) is 0 Å². The molecular formula is C23H30N4O2S. The standard InChI is InChI=1S/C23H30N4O2S/c1-14(2)27-16(4)18(15(3)25-27)12-26-10-11-29-19(13-26)21-17-8-6-7-9-20(17)30-22(21)23(28)24-5/h6-9,14,19H,10-13H2,1-5H3,(H,24,28)/t19-/m0/s1. The Morgan fingerprint density at radius 3 is 2.80 bits per heavy atom. The Labute approximate surface area is 181 Å². The number of nitrogens with one attached hydrogen (secondary N) is 1. The van der Waals surface area contributed by atoms with Crippen molar-refractivity contribution >= 4 is 27.3 Å². The Bertz CT molecular complexity index is 1070. The molecule has 0 spiro atoms. The highest BCUT2D eigenvalue weighted by atomic mass is 32.1. The predicted octanol–water partition coefficient (Wildman–Crippen LogP) is 4.23. The molecule has 1 saturated heterocycles. The van der Waals surface area contributed by atoms with Crippen LogP contribution in [-0.4, -0.2) is 47.3 Å². The molecule has 7 heteroatoms. The van der Waals surface area contributed by atoms with Crippen LogP contribution in [0, 0.1) is 13.8 Å². The van der Waals surface area contributed by atoms with Gasteiger partial charge in [0.2, 0.25) is 0 Å². The third kappa shape index (κ3) is 3.77. The highest BCUT2D eigenvalue weighted by molar-refractivity contribution is 7.21. The van der Waals surface area contributed by atoms with E-state index in [0.717, 1.165) is 45.9 Å². The quantitative estimate of drug-likeness (QED) is 0.663. The van der Waals surface area contributed by atoms with Crippen molar-refractivity contribution in [1.82, 2.24) is 20.0 Å². The zero-order chi connectivity index (χ0) is 21.4. The van der Waals surface area contributed by atoms with Crippen LogP contribution in [0.15, 0.2) is 24.3 Å². The van der Waals surface area contributed by atoms with E-state index in [4.69, 9.17) is 9.84 Å². The van der Waals surface area contributed by atoms with Gasteiger partial charge in [-0.25, -0.2) is 0 Å². The minimum Gasteiger partial charge on any atom is -0.371 e. The lowest BCUT2D eigenvalue weighted by Gasteiger charge is -2.33. The minimum absolute atomic E-state index is 0.0446. The first kappa shape index (κ1) is 21.0. The number of ether oxygens (including phenoxy) is 1. The summed E-state index contributed by atoms with van der Waals surface area (Å²) in [6.07, 6.45) is -0.122. The number of carbonyl (C=O) groups excluding carboxylic acids is 1. The Hall–Kier alpha value is -2.22. The van der Waals surface area contributed by atoms with Crippen LogP contribution in [0.2, 0.25) is 0 Å². The molecule has 4 rings (SSSR count). The second-order valence-electron chi connectivity index (χ2n) is 8.20. The van der Waals surface area contributed by atoms with Crippen molar-refractivity contribution in [2.45, 2.75) is 46.4 Å². The van der Waals surface area contributed by atoms with Gasteiger partial charge in [0, 0.05) is 54.2 Å². The van der Waals surface area contributed by atoms with Crippen molar-refractivity contribution in [3.8, 4) is 0 Å². The first-order valence-corrected chi connectivity index (χ1v) is 11.3. The van der Waals surface area contributed by atoms with Gasteiger partial charge in [-0.15, -0.1) is 11.3 Å². The summed E-state index contributed by atoms with van der Waals surface area (Å²) in [5.41, 5.74) is 4.64. The van der Waals surface area contributed by atoms with E-state index in [0.29, 0.717) is 12.6 Å². The van der Waals surface area contributed by atoms with Crippen LogP contribution < -0.4 is 5.32 Å². The minimum atomic E-state index is -0.122. The number of amides is 1. The predicted molar refractivity (Wildman–Crippen MR) is 121 cm³/mol. The molecule has 1 fully saturated rings. The molecule has 1 amide bonds. The van der Waals surface area contributed by atoms with Crippen molar-refractivity contribution in [2.75, 3.05) is 26.7 Å². The van der Waals surface area contributed by atoms with E-state index in [1.165, 1.54) is 11.3 Å². The van der Waals surface area contributed by atoms with Gasteiger partial charge < -0.3 is 10.1 Å². The Balaban J connectivity index is 1.63. The van der Waals surface area contributed by atoms with Crippen LogP contribution >= 0.6 is 11.3 Å². The van der Waals surface area contributed by atoms with Gasteiger partial charge in [0.05, 0.1) is 23.3 Å². The van der Waals surface area contributed by atoms with Crippen molar-refractivity contribution in [2.24, 2.45) is 0 Å². The number of nitrogens with zero attached hydrogens (tertiary/aromatic N) is 3. The average molecular weight is 427 g/mol. The maximum atomic E-state index is 12.6. The van der Waals surface area contributed by atoms with E-state index in [9.17, 15) is 4.79 Å². The van der Waals surface area contributed by atoms with Gasteiger partial charge in [-0.3, -0.25) is 14.4 Å². The molecule has 160 valence electrons. The van der Waals surface area contributed by atoms with Crippen molar-refractivity contribution in [1.29, 1.82) is 0 Å². The number of thiophene rings is 1. The highest BCUT2D eigenvalue weighted by Crippen LogP contribution is 2.38. The molecule has 2 aromatic heterocycles. The first-order chi connectivity index (χ1) is 14.4. The summed E-state index contributed by atoms with van der Waals surface area (Å²) in [5, 5.41) is 8.65. The molecule has 3 heterocycles. The summed E-state index contributed by atoms with van der Waals surface area (Å²) in [7, 11) is 1.68.